The Hall–Kier alpha value is -2.00. The molecule has 2 aliphatic rings. The van der Waals surface area contributed by atoms with Crippen molar-refractivity contribution in [1.82, 2.24) is 29.4 Å². The number of rotatable bonds is 3. The number of nitrogens with one attached hydrogen (secondary N) is 1. The van der Waals surface area contributed by atoms with Gasteiger partial charge < -0.3 is 15.1 Å². The van der Waals surface area contributed by atoms with Gasteiger partial charge in [0.25, 0.3) is 0 Å². The number of nitrogens with zero attached hydrogens (tertiary/aromatic N) is 6. The molecular weight excluding hydrogens is 338 g/mol. The highest BCUT2D eigenvalue weighted by molar-refractivity contribution is 7.09. The van der Waals surface area contributed by atoms with Crippen LogP contribution in [0, 0.1) is 12.8 Å². The fourth-order valence-corrected chi connectivity index (χ4v) is 4.41. The SMILES string of the molecule is Cc1nsc(N2CCN(C(=O)[C@H]3CNC[C@@H]3c3cnn(C)c3)CC2)n1. The topological polar surface area (TPSA) is 79.2 Å². The Morgan fingerprint density at radius 1 is 1.28 bits per heavy atom. The Labute approximate surface area is 151 Å². The maximum atomic E-state index is 13.1. The third kappa shape index (κ3) is 3.25. The molecule has 2 atom stereocenters. The molecule has 9 heteroatoms. The summed E-state index contributed by atoms with van der Waals surface area (Å²) in [5.41, 5.74) is 1.15. The summed E-state index contributed by atoms with van der Waals surface area (Å²) >= 11 is 1.43. The zero-order valence-corrected chi connectivity index (χ0v) is 15.4. The van der Waals surface area contributed by atoms with Crippen molar-refractivity contribution in [3.63, 3.8) is 0 Å². The second-order valence-electron chi connectivity index (χ2n) is 6.76. The second-order valence-corrected chi connectivity index (χ2v) is 7.49. The molecule has 25 heavy (non-hydrogen) atoms. The van der Waals surface area contributed by atoms with E-state index in [2.05, 4.69) is 24.7 Å². The third-order valence-corrected chi connectivity index (χ3v) is 5.93. The van der Waals surface area contributed by atoms with Crippen LogP contribution in [0.1, 0.15) is 17.3 Å². The Morgan fingerprint density at radius 3 is 2.72 bits per heavy atom. The van der Waals surface area contributed by atoms with Gasteiger partial charge in [0.15, 0.2) is 0 Å². The van der Waals surface area contributed by atoms with E-state index in [0.717, 1.165) is 55.8 Å². The number of carbonyl (C=O) groups excluding carboxylic acids is 1. The Kier molecular flexibility index (Phi) is 4.43. The molecule has 0 saturated carbocycles. The van der Waals surface area contributed by atoms with Crippen LogP contribution >= 0.6 is 11.5 Å². The Morgan fingerprint density at radius 2 is 2.08 bits per heavy atom. The van der Waals surface area contributed by atoms with E-state index in [1.807, 2.05) is 31.3 Å². The van der Waals surface area contributed by atoms with Gasteiger partial charge in [-0.3, -0.25) is 9.48 Å². The third-order valence-electron chi connectivity index (χ3n) is 5.06. The summed E-state index contributed by atoms with van der Waals surface area (Å²) in [4.78, 5) is 21.7. The van der Waals surface area contributed by atoms with E-state index < -0.39 is 0 Å². The van der Waals surface area contributed by atoms with Crippen molar-refractivity contribution in [2.24, 2.45) is 13.0 Å². The number of carbonyl (C=O) groups is 1. The predicted octanol–water partition coefficient (Wildman–Crippen LogP) is 0.232. The molecule has 0 aromatic carbocycles. The van der Waals surface area contributed by atoms with E-state index in [1.165, 1.54) is 11.5 Å². The highest BCUT2D eigenvalue weighted by Gasteiger charge is 2.38. The van der Waals surface area contributed by atoms with Crippen molar-refractivity contribution < 1.29 is 4.79 Å². The minimum absolute atomic E-state index is 0.000441. The maximum Gasteiger partial charge on any atom is 0.227 e. The van der Waals surface area contributed by atoms with Gasteiger partial charge in [-0.2, -0.15) is 9.47 Å². The van der Waals surface area contributed by atoms with E-state index in [1.54, 1.807) is 4.68 Å². The van der Waals surface area contributed by atoms with Crippen molar-refractivity contribution >= 4 is 22.6 Å². The lowest BCUT2D eigenvalue weighted by Crippen LogP contribution is -2.51. The molecule has 0 spiro atoms. The lowest BCUT2D eigenvalue weighted by Gasteiger charge is -2.36. The van der Waals surface area contributed by atoms with Crippen LogP contribution < -0.4 is 10.2 Å². The average Bonchev–Trinajstić information content (AvgIpc) is 3.34. The molecule has 2 aliphatic heterocycles. The predicted molar refractivity (Wildman–Crippen MR) is 95.7 cm³/mol. The monoisotopic (exact) mass is 361 g/mol. The van der Waals surface area contributed by atoms with Crippen LogP contribution in [-0.2, 0) is 11.8 Å². The summed E-state index contributed by atoms with van der Waals surface area (Å²) in [6.45, 7) is 6.61. The van der Waals surface area contributed by atoms with Gasteiger partial charge in [0.2, 0.25) is 11.0 Å². The van der Waals surface area contributed by atoms with E-state index in [9.17, 15) is 4.79 Å². The fourth-order valence-electron chi connectivity index (χ4n) is 3.69. The number of aromatic nitrogens is 4. The van der Waals surface area contributed by atoms with Crippen LogP contribution in [0.15, 0.2) is 12.4 Å². The lowest BCUT2D eigenvalue weighted by atomic mass is 9.89. The molecule has 2 aromatic heterocycles. The Balaban J connectivity index is 1.40. The number of amides is 1. The molecule has 0 bridgehead atoms. The molecule has 8 nitrogen and oxygen atoms in total. The summed E-state index contributed by atoms with van der Waals surface area (Å²) in [5.74, 6) is 1.28. The molecule has 2 fully saturated rings. The van der Waals surface area contributed by atoms with Crippen molar-refractivity contribution in [3.8, 4) is 0 Å². The molecule has 2 saturated heterocycles. The van der Waals surface area contributed by atoms with Gasteiger partial charge in [0.1, 0.15) is 5.82 Å². The van der Waals surface area contributed by atoms with Crippen LogP contribution in [-0.4, -0.2) is 69.2 Å². The minimum atomic E-state index is -0.000441. The number of hydrogen-bond donors (Lipinski definition) is 1. The summed E-state index contributed by atoms with van der Waals surface area (Å²) in [6, 6.07) is 0. The van der Waals surface area contributed by atoms with Crippen LogP contribution in [0.2, 0.25) is 0 Å². The van der Waals surface area contributed by atoms with Crippen LogP contribution in [0.5, 0.6) is 0 Å². The first-order valence-electron chi connectivity index (χ1n) is 8.65. The summed E-state index contributed by atoms with van der Waals surface area (Å²) < 4.78 is 6.05. The fraction of sp³-hybridized carbons (Fsp3) is 0.625. The van der Waals surface area contributed by atoms with E-state index >= 15 is 0 Å². The molecule has 0 radical (unpaired) electrons. The molecule has 4 heterocycles. The summed E-state index contributed by atoms with van der Waals surface area (Å²) in [5, 5.41) is 8.59. The zero-order valence-electron chi connectivity index (χ0n) is 14.6. The van der Waals surface area contributed by atoms with Crippen molar-refractivity contribution in [3.05, 3.63) is 23.8 Å². The molecule has 4 rings (SSSR count). The van der Waals surface area contributed by atoms with Crippen LogP contribution in [0.25, 0.3) is 0 Å². The number of piperazine rings is 1. The summed E-state index contributed by atoms with van der Waals surface area (Å²) in [7, 11) is 1.91. The standard InChI is InChI=1S/C16H23N7OS/c1-11-19-16(25-20-11)23-5-3-22(4-6-23)15(24)14-9-17-8-13(14)12-7-18-21(2)10-12/h7,10,13-14,17H,3-6,8-9H2,1-2H3/t13-,14+/m1/s1. The van der Waals surface area contributed by atoms with Gasteiger partial charge in [-0.15, -0.1) is 0 Å². The normalized spacial score (nSPS) is 24.1. The van der Waals surface area contributed by atoms with Gasteiger partial charge in [-0.25, -0.2) is 4.98 Å². The van der Waals surface area contributed by atoms with Crippen LogP contribution in [0.3, 0.4) is 0 Å². The van der Waals surface area contributed by atoms with Crippen LogP contribution in [0.4, 0.5) is 5.13 Å². The first-order valence-corrected chi connectivity index (χ1v) is 9.42. The van der Waals surface area contributed by atoms with Gasteiger partial charge >= 0.3 is 0 Å². The van der Waals surface area contributed by atoms with Gasteiger partial charge in [-0.1, -0.05) is 0 Å². The molecule has 0 aliphatic carbocycles. The van der Waals surface area contributed by atoms with E-state index in [4.69, 9.17) is 0 Å². The minimum Gasteiger partial charge on any atom is -0.343 e. The second kappa shape index (κ2) is 6.72. The van der Waals surface area contributed by atoms with Gasteiger partial charge in [0, 0.05) is 70.0 Å². The number of aryl methyl sites for hydroxylation is 2. The quantitative estimate of drug-likeness (QED) is 0.843. The Bertz CT molecular complexity index is 749. The number of hydrogen-bond acceptors (Lipinski definition) is 7. The lowest BCUT2D eigenvalue weighted by molar-refractivity contribution is -0.135. The molecule has 1 N–H and O–H groups in total. The van der Waals surface area contributed by atoms with Crippen molar-refractivity contribution in [1.29, 1.82) is 0 Å². The van der Waals surface area contributed by atoms with Gasteiger partial charge in [0.05, 0.1) is 12.1 Å². The maximum absolute atomic E-state index is 13.1. The highest BCUT2D eigenvalue weighted by atomic mass is 32.1. The first kappa shape index (κ1) is 16.5. The summed E-state index contributed by atoms with van der Waals surface area (Å²) in [6.07, 6.45) is 3.90. The molecule has 0 unspecified atom stereocenters. The number of anilines is 1. The van der Waals surface area contributed by atoms with Crippen molar-refractivity contribution in [2.45, 2.75) is 12.8 Å². The van der Waals surface area contributed by atoms with E-state index in [0.29, 0.717) is 0 Å². The molecular formula is C16H23N7OS. The molecule has 2 aromatic rings. The molecule has 1 amide bonds. The zero-order chi connectivity index (χ0) is 17.4. The average molecular weight is 361 g/mol. The van der Waals surface area contributed by atoms with E-state index in [-0.39, 0.29) is 17.7 Å². The van der Waals surface area contributed by atoms with Gasteiger partial charge in [-0.05, 0) is 12.5 Å². The largest absolute Gasteiger partial charge is 0.343 e. The first-order chi connectivity index (χ1) is 12.1. The highest BCUT2D eigenvalue weighted by Crippen LogP contribution is 2.30. The van der Waals surface area contributed by atoms with Crippen molar-refractivity contribution in [2.75, 3.05) is 44.2 Å². The molecule has 134 valence electrons. The smallest absolute Gasteiger partial charge is 0.227 e.